The van der Waals surface area contributed by atoms with Gasteiger partial charge >= 0.3 is 0 Å². The lowest BCUT2D eigenvalue weighted by atomic mass is 10.1. The van der Waals surface area contributed by atoms with Crippen molar-refractivity contribution in [2.45, 2.75) is 32.2 Å². The molecule has 0 atom stereocenters. The van der Waals surface area contributed by atoms with E-state index < -0.39 is 0 Å². The lowest BCUT2D eigenvalue weighted by Crippen LogP contribution is -2.22. The van der Waals surface area contributed by atoms with Crippen LogP contribution < -0.4 is 5.32 Å². The molecule has 1 saturated carbocycles. The molecule has 26 heavy (non-hydrogen) atoms. The van der Waals surface area contributed by atoms with Gasteiger partial charge in [-0.15, -0.1) is 0 Å². The summed E-state index contributed by atoms with van der Waals surface area (Å²) in [5.74, 6) is -0.0599. The van der Waals surface area contributed by atoms with E-state index in [1.54, 1.807) is 6.20 Å². The van der Waals surface area contributed by atoms with Crippen LogP contribution in [0, 0.1) is 0 Å². The number of aromatic nitrogens is 1. The summed E-state index contributed by atoms with van der Waals surface area (Å²) in [5, 5.41) is 4.00. The average molecular weight is 342 g/mol. The van der Waals surface area contributed by atoms with E-state index in [1.807, 2.05) is 30.3 Å². The smallest absolute Gasteiger partial charge is 0.251 e. The van der Waals surface area contributed by atoms with E-state index in [-0.39, 0.29) is 5.91 Å². The van der Waals surface area contributed by atoms with Crippen LogP contribution >= 0.6 is 0 Å². The standard InChI is InChI=1S/C23H22N2O/c26-23(21-10-11-22-20(15-21)9-4-12-24-22)25-16-19-8-3-7-18(14-19)13-17-5-1-2-6-17/h3-4,7-15H,1-2,5-6,16H2,(H,25,26). The maximum atomic E-state index is 12.5. The molecule has 0 spiro atoms. The van der Waals surface area contributed by atoms with Crippen LogP contribution in [-0.4, -0.2) is 10.9 Å². The van der Waals surface area contributed by atoms with Gasteiger partial charge in [-0.3, -0.25) is 9.78 Å². The largest absolute Gasteiger partial charge is 0.348 e. The van der Waals surface area contributed by atoms with Gasteiger partial charge in [-0.1, -0.05) is 35.9 Å². The molecular weight excluding hydrogens is 320 g/mol. The molecule has 0 unspecified atom stereocenters. The molecule has 1 aliphatic rings. The van der Waals surface area contributed by atoms with Gasteiger partial charge in [-0.05, 0) is 67.1 Å². The van der Waals surface area contributed by atoms with Gasteiger partial charge in [0.05, 0.1) is 5.52 Å². The van der Waals surface area contributed by atoms with Crippen LogP contribution in [0.4, 0.5) is 0 Å². The van der Waals surface area contributed by atoms with Crippen LogP contribution in [0.5, 0.6) is 0 Å². The first-order valence-electron chi connectivity index (χ1n) is 9.19. The molecule has 1 heterocycles. The van der Waals surface area contributed by atoms with Crippen LogP contribution in [0.3, 0.4) is 0 Å². The molecule has 2 aromatic carbocycles. The molecule has 0 aliphatic heterocycles. The van der Waals surface area contributed by atoms with Gasteiger partial charge in [0, 0.05) is 23.7 Å². The number of carbonyl (C=O) groups excluding carboxylic acids is 1. The van der Waals surface area contributed by atoms with Crippen LogP contribution in [0.1, 0.15) is 47.2 Å². The van der Waals surface area contributed by atoms with Crippen molar-refractivity contribution in [1.29, 1.82) is 0 Å². The number of pyridine rings is 1. The number of benzene rings is 2. The number of allylic oxidation sites excluding steroid dienone is 1. The number of nitrogens with zero attached hydrogens (tertiary/aromatic N) is 1. The second-order valence-corrected chi connectivity index (χ2v) is 6.85. The van der Waals surface area contributed by atoms with Crippen LogP contribution in [0.25, 0.3) is 17.0 Å². The highest BCUT2D eigenvalue weighted by Gasteiger charge is 2.08. The highest BCUT2D eigenvalue weighted by molar-refractivity contribution is 5.97. The Labute approximate surface area is 153 Å². The van der Waals surface area contributed by atoms with E-state index in [4.69, 9.17) is 0 Å². The molecule has 1 amide bonds. The highest BCUT2D eigenvalue weighted by atomic mass is 16.1. The van der Waals surface area contributed by atoms with Crippen molar-refractivity contribution in [1.82, 2.24) is 10.3 Å². The Bertz CT molecular complexity index is 967. The number of hydrogen-bond acceptors (Lipinski definition) is 2. The number of nitrogens with one attached hydrogen (secondary N) is 1. The summed E-state index contributed by atoms with van der Waals surface area (Å²) >= 11 is 0. The summed E-state index contributed by atoms with van der Waals surface area (Å²) in [6.45, 7) is 0.529. The summed E-state index contributed by atoms with van der Waals surface area (Å²) in [6, 6.07) is 17.9. The maximum Gasteiger partial charge on any atom is 0.251 e. The minimum absolute atomic E-state index is 0.0599. The van der Waals surface area contributed by atoms with Gasteiger partial charge in [-0.25, -0.2) is 0 Å². The zero-order valence-electron chi connectivity index (χ0n) is 14.7. The molecule has 3 nitrogen and oxygen atoms in total. The molecule has 4 rings (SSSR count). The molecule has 0 radical (unpaired) electrons. The molecule has 1 N–H and O–H groups in total. The first-order valence-corrected chi connectivity index (χ1v) is 9.19. The van der Waals surface area contributed by atoms with E-state index in [0.29, 0.717) is 12.1 Å². The minimum Gasteiger partial charge on any atom is -0.348 e. The molecule has 1 fully saturated rings. The summed E-state index contributed by atoms with van der Waals surface area (Å²) in [4.78, 5) is 16.8. The second-order valence-electron chi connectivity index (χ2n) is 6.85. The Balaban J connectivity index is 1.44. The molecular formula is C23H22N2O. The van der Waals surface area contributed by atoms with E-state index in [9.17, 15) is 4.79 Å². The number of rotatable bonds is 4. The van der Waals surface area contributed by atoms with Crippen LogP contribution in [0.15, 0.2) is 66.4 Å². The molecule has 130 valence electrons. The zero-order valence-corrected chi connectivity index (χ0v) is 14.7. The third kappa shape index (κ3) is 3.83. The topological polar surface area (TPSA) is 42.0 Å². The number of hydrogen-bond donors (Lipinski definition) is 1. The lowest BCUT2D eigenvalue weighted by Gasteiger charge is -2.07. The minimum atomic E-state index is -0.0599. The Morgan fingerprint density at radius 2 is 1.92 bits per heavy atom. The Kier molecular flexibility index (Phi) is 4.78. The number of fused-ring (bicyclic) bond motifs is 1. The van der Waals surface area contributed by atoms with Gasteiger partial charge in [0.25, 0.3) is 5.91 Å². The fourth-order valence-corrected chi connectivity index (χ4v) is 3.50. The summed E-state index contributed by atoms with van der Waals surface area (Å²) in [6.07, 6.45) is 9.12. The Morgan fingerprint density at radius 1 is 1.04 bits per heavy atom. The Hall–Kier alpha value is -2.94. The van der Waals surface area contributed by atoms with Crippen molar-refractivity contribution in [3.63, 3.8) is 0 Å². The van der Waals surface area contributed by atoms with E-state index in [1.165, 1.54) is 36.8 Å². The number of amides is 1. The predicted octanol–water partition coefficient (Wildman–Crippen LogP) is 5.12. The van der Waals surface area contributed by atoms with Gasteiger partial charge in [-0.2, -0.15) is 0 Å². The van der Waals surface area contributed by atoms with E-state index >= 15 is 0 Å². The van der Waals surface area contributed by atoms with Gasteiger partial charge in [0.1, 0.15) is 0 Å². The average Bonchev–Trinajstić information content (AvgIpc) is 3.19. The fraction of sp³-hybridized carbons (Fsp3) is 0.217. The predicted molar refractivity (Wildman–Crippen MR) is 106 cm³/mol. The van der Waals surface area contributed by atoms with Crippen molar-refractivity contribution >= 4 is 22.9 Å². The highest BCUT2D eigenvalue weighted by Crippen LogP contribution is 2.26. The third-order valence-corrected chi connectivity index (χ3v) is 4.89. The van der Waals surface area contributed by atoms with Gasteiger partial charge in [0.2, 0.25) is 0 Å². The Morgan fingerprint density at radius 3 is 2.81 bits per heavy atom. The molecule has 3 heteroatoms. The first kappa shape index (κ1) is 16.5. The lowest BCUT2D eigenvalue weighted by molar-refractivity contribution is 0.0951. The van der Waals surface area contributed by atoms with Crippen molar-refractivity contribution in [3.8, 4) is 0 Å². The monoisotopic (exact) mass is 342 g/mol. The third-order valence-electron chi connectivity index (χ3n) is 4.89. The molecule has 1 aliphatic carbocycles. The van der Waals surface area contributed by atoms with Crippen LogP contribution in [0.2, 0.25) is 0 Å². The SMILES string of the molecule is O=C(NCc1cccc(C=C2CCCC2)c1)c1ccc2ncccc2c1. The van der Waals surface area contributed by atoms with Gasteiger partial charge < -0.3 is 5.32 Å². The van der Waals surface area contributed by atoms with Crippen LogP contribution in [-0.2, 0) is 6.54 Å². The summed E-state index contributed by atoms with van der Waals surface area (Å²) in [5.41, 5.74) is 5.45. The first-order chi connectivity index (χ1) is 12.8. The quantitative estimate of drug-likeness (QED) is 0.715. The van der Waals surface area contributed by atoms with Gasteiger partial charge in [0.15, 0.2) is 0 Å². The zero-order chi connectivity index (χ0) is 17.8. The van der Waals surface area contributed by atoms with Crippen molar-refractivity contribution in [2.24, 2.45) is 0 Å². The van der Waals surface area contributed by atoms with E-state index in [2.05, 4.69) is 40.6 Å². The fourth-order valence-electron chi connectivity index (χ4n) is 3.50. The number of carbonyl (C=O) groups is 1. The van der Waals surface area contributed by atoms with Crippen molar-refractivity contribution < 1.29 is 4.79 Å². The summed E-state index contributed by atoms with van der Waals surface area (Å²) in [7, 11) is 0. The molecule has 0 bridgehead atoms. The second kappa shape index (κ2) is 7.52. The summed E-state index contributed by atoms with van der Waals surface area (Å²) < 4.78 is 0. The maximum absolute atomic E-state index is 12.5. The normalized spacial score (nSPS) is 13.8. The molecule has 1 aromatic heterocycles. The molecule has 0 saturated heterocycles. The van der Waals surface area contributed by atoms with Crippen molar-refractivity contribution in [3.05, 3.63) is 83.1 Å². The van der Waals surface area contributed by atoms with E-state index in [0.717, 1.165) is 16.5 Å². The molecule has 3 aromatic rings. The van der Waals surface area contributed by atoms with Crippen molar-refractivity contribution in [2.75, 3.05) is 0 Å².